The molecule has 0 spiro atoms. The van der Waals surface area contributed by atoms with Crippen LogP contribution in [0.4, 0.5) is 5.00 Å². The van der Waals surface area contributed by atoms with E-state index >= 15 is 0 Å². The summed E-state index contributed by atoms with van der Waals surface area (Å²) >= 11 is 1.48. The van der Waals surface area contributed by atoms with Crippen molar-refractivity contribution in [3.8, 4) is 0 Å². The van der Waals surface area contributed by atoms with Crippen LogP contribution in [0.2, 0.25) is 0 Å². The zero-order valence-electron chi connectivity index (χ0n) is 15.0. The van der Waals surface area contributed by atoms with Crippen LogP contribution in [0, 0.1) is 6.92 Å². The third-order valence-corrected chi connectivity index (χ3v) is 5.50. The van der Waals surface area contributed by atoms with E-state index in [1.807, 2.05) is 20.8 Å². The van der Waals surface area contributed by atoms with Crippen LogP contribution in [-0.2, 0) is 24.6 Å². The second-order valence-electron chi connectivity index (χ2n) is 6.62. The number of thiophene rings is 1. The zero-order valence-corrected chi connectivity index (χ0v) is 15.8. The van der Waals surface area contributed by atoms with Crippen molar-refractivity contribution in [2.45, 2.75) is 52.6 Å². The molecule has 1 amide bonds. The summed E-state index contributed by atoms with van der Waals surface area (Å²) in [5.74, 6) is -0.664. The van der Waals surface area contributed by atoms with Crippen LogP contribution >= 0.6 is 11.3 Å². The van der Waals surface area contributed by atoms with Gasteiger partial charge in [-0.15, -0.1) is 11.3 Å². The van der Waals surface area contributed by atoms with Crippen LogP contribution in [-0.4, -0.2) is 27.8 Å². The third kappa shape index (κ3) is 3.61. The number of carbonyl (C=O) groups is 2. The number of carbonyl (C=O) groups excluding carboxylic acids is 2. The third-order valence-electron chi connectivity index (χ3n) is 4.29. The number of hydrogen-bond acceptors (Lipinski definition) is 5. The van der Waals surface area contributed by atoms with Crippen molar-refractivity contribution in [3.05, 3.63) is 33.5 Å². The molecule has 2 heterocycles. The van der Waals surface area contributed by atoms with Gasteiger partial charge in [-0.1, -0.05) is 0 Å². The molecule has 0 saturated carbocycles. The van der Waals surface area contributed by atoms with E-state index in [1.54, 1.807) is 17.8 Å². The highest BCUT2D eigenvalue weighted by atomic mass is 32.1. The molecule has 3 rings (SSSR count). The monoisotopic (exact) mass is 361 g/mol. The molecule has 2 aromatic rings. The molecular weight excluding hydrogens is 338 g/mol. The maximum Gasteiger partial charge on any atom is 0.341 e. The van der Waals surface area contributed by atoms with E-state index in [-0.39, 0.29) is 18.0 Å². The van der Waals surface area contributed by atoms with Crippen LogP contribution < -0.4 is 5.32 Å². The molecule has 2 aromatic heterocycles. The molecule has 1 aliphatic rings. The molecule has 0 aromatic carbocycles. The molecule has 0 radical (unpaired) electrons. The fourth-order valence-electron chi connectivity index (χ4n) is 2.98. The van der Waals surface area contributed by atoms with Crippen molar-refractivity contribution in [2.75, 3.05) is 5.32 Å². The van der Waals surface area contributed by atoms with E-state index in [4.69, 9.17) is 4.74 Å². The minimum absolute atomic E-state index is 0.200. The van der Waals surface area contributed by atoms with Crippen LogP contribution in [0.5, 0.6) is 0 Å². The minimum Gasteiger partial charge on any atom is -0.459 e. The second-order valence-corrected chi connectivity index (χ2v) is 7.72. The molecule has 0 fully saturated rings. The van der Waals surface area contributed by atoms with E-state index in [0.717, 1.165) is 36.9 Å². The number of esters is 1. The number of aromatic nitrogens is 2. The van der Waals surface area contributed by atoms with Crippen LogP contribution in [0.15, 0.2) is 6.07 Å². The van der Waals surface area contributed by atoms with Gasteiger partial charge in [0, 0.05) is 17.6 Å². The number of fused-ring (bicyclic) bond motifs is 1. The molecule has 25 heavy (non-hydrogen) atoms. The Kier molecular flexibility index (Phi) is 4.94. The van der Waals surface area contributed by atoms with Gasteiger partial charge in [0.05, 0.1) is 11.7 Å². The van der Waals surface area contributed by atoms with Gasteiger partial charge < -0.3 is 10.1 Å². The molecule has 0 aliphatic heterocycles. The Bertz CT molecular complexity index is 800. The average molecular weight is 361 g/mol. The lowest BCUT2D eigenvalue weighted by molar-refractivity contribution is 0.0378. The summed E-state index contributed by atoms with van der Waals surface area (Å²) < 4.78 is 7.06. The van der Waals surface area contributed by atoms with Gasteiger partial charge in [0.2, 0.25) is 0 Å². The first kappa shape index (κ1) is 17.7. The Morgan fingerprint density at radius 1 is 1.32 bits per heavy atom. The number of nitrogens with one attached hydrogen (secondary N) is 1. The number of aryl methyl sites for hydroxylation is 3. The fourth-order valence-corrected chi connectivity index (χ4v) is 4.25. The summed E-state index contributed by atoms with van der Waals surface area (Å²) in [6.45, 7) is 5.54. The molecule has 1 N–H and O–H groups in total. The van der Waals surface area contributed by atoms with Gasteiger partial charge >= 0.3 is 5.97 Å². The van der Waals surface area contributed by atoms with E-state index in [1.165, 1.54) is 16.2 Å². The zero-order chi connectivity index (χ0) is 18.1. The highest BCUT2D eigenvalue weighted by Crippen LogP contribution is 2.38. The molecule has 0 bridgehead atoms. The Morgan fingerprint density at radius 3 is 2.68 bits per heavy atom. The molecule has 0 saturated heterocycles. The van der Waals surface area contributed by atoms with Gasteiger partial charge in [-0.05, 0) is 58.1 Å². The highest BCUT2D eigenvalue weighted by molar-refractivity contribution is 7.17. The predicted molar refractivity (Wildman–Crippen MR) is 97.4 cm³/mol. The summed E-state index contributed by atoms with van der Waals surface area (Å²) in [6.07, 6.45) is 3.76. The summed E-state index contributed by atoms with van der Waals surface area (Å²) in [4.78, 5) is 26.3. The molecule has 7 heteroatoms. The number of rotatable bonds is 4. The van der Waals surface area contributed by atoms with Gasteiger partial charge in [0.15, 0.2) is 5.69 Å². The van der Waals surface area contributed by atoms with Crippen molar-refractivity contribution in [3.63, 3.8) is 0 Å². The van der Waals surface area contributed by atoms with Gasteiger partial charge in [-0.3, -0.25) is 9.48 Å². The van der Waals surface area contributed by atoms with Gasteiger partial charge in [0.1, 0.15) is 5.00 Å². The normalized spacial score (nSPS) is 13.6. The lowest BCUT2D eigenvalue weighted by atomic mass is 9.95. The Balaban J connectivity index is 1.93. The van der Waals surface area contributed by atoms with Gasteiger partial charge in [-0.2, -0.15) is 5.10 Å². The smallest absolute Gasteiger partial charge is 0.341 e. The quantitative estimate of drug-likeness (QED) is 0.846. The average Bonchev–Trinajstić information content (AvgIpc) is 3.06. The van der Waals surface area contributed by atoms with Crippen LogP contribution in [0.3, 0.4) is 0 Å². The summed E-state index contributed by atoms with van der Waals surface area (Å²) in [6, 6.07) is 1.73. The largest absolute Gasteiger partial charge is 0.459 e. The number of anilines is 1. The second kappa shape index (κ2) is 7.00. The molecule has 134 valence electrons. The summed E-state index contributed by atoms with van der Waals surface area (Å²) in [7, 11) is 1.79. The molecule has 1 aliphatic carbocycles. The Hall–Kier alpha value is -2.15. The van der Waals surface area contributed by atoms with Gasteiger partial charge in [-0.25, -0.2) is 4.79 Å². The van der Waals surface area contributed by atoms with Crippen LogP contribution in [0.1, 0.15) is 63.7 Å². The highest BCUT2D eigenvalue weighted by Gasteiger charge is 2.28. The minimum atomic E-state index is -0.359. The van der Waals surface area contributed by atoms with Gasteiger partial charge in [0.25, 0.3) is 5.91 Å². The van der Waals surface area contributed by atoms with Crippen molar-refractivity contribution < 1.29 is 14.3 Å². The number of ether oxygens (including phenoxy) is 1. The Labute approximate surface area is 151 Å². The lowest BCUT2D eigenvalue weighted by Crippen LogP contribution is -2.18. The van der Waals surface area contributed by atoms with E-state index < -0.39 is 0 Å². The molecule has 0 atom stereocenters. The number of hydrogen-bond donors (Lipinski definition) is 1. The first-order valence-electron chi connectivity index (χ1n) is 8.54. The summed E-state index contributed by atoms with van der Waals surface area (Å²) in [5.41, 5.74) is 2.80. The molecule has 0 unspecified atom stereocenters. The van der Waals surface area contributed by atoms with Crippen LogP contribution in [0.25, 0.3) is 0 Å². The van der Waals surface area contributed by atoms with E-state index in [2.05, 4.69) is 10.4 Å². The molecule has 6 nitrogen and oxygen atoms in total. The first-order valence-corrected chi connectivity index (χ1v) is 9.36. The van der Waals surface area contributed by atoms with E-state index in [9.17, 15) is 9.59 Å². The first-order chi connectivity index (χ1) is 11.9. The lowest BCUT2D eigenvalue weighted by Gasteiger charge is -2.14. The maximum atomic E-state index is 12.6. The Morgan fingerprint density at radius 2 is 2.04 bits per heavy atom. The molecular formula is C18H23N3O3S. The maximum absolute atomic E-state index is 12.6. The predicted octanol–water partition coefficient (Wildman–Crippen LogP) is 3.49. The standard InChI is InChI=1S/C18H23N3O3S/c1-10(2)24-18(23)15-12-7-5-6-8-14(12)25-17(15)19-16(22)13-9-11(3)21(4)20-13/h9-10H,5-8H2,1-4H3,(H,19,22). The SMILES string of the molecule is Cc1cc(C(=O)Nc2sc3c(c2C(=O)OC(C)C)CCCC3)nn1C. The number of nitrogens with zero attached hydrogens (tertiary/aromatic N) is 2. The van der Waals surface area contributed by atoms with Crippen molar-refractivity contribution >= 4 is 28.2 Å². The topological polar surface area (TPSA) is 73.2 Å². The fraction of sp³-hybridized carbons (Fsp3) is 0.500. The van der Waals surface area contributed by atoms with Crippen molar-refractivity contribution in [1.29, 1.82) is 0 Å². The van der Waals surface area contributed by atoms with Crippen molar-refractivity contribution in [1.82, 2.24) is 9.78 Å². The summed E-state index contributed by atoms with van der Waals surface area (Å²) in [5, 5.41) is 7.66. The van der Waals surface area contributed by atoms with E-state index in [0.29, 0.717) is 16.3 Å². The number of amides is 1. The van der Waals surface area contributed by atoms with Crippen molar-refractivity contribution in [2.24, 2.45) is 7.05 Å².